The van der Waals surface area contributed by atoms with Gasteiger partial charge in [-0.1, -0.05) is 12.1 Å². The highest BCUT2D eigenvalue weighted by molar-refractivity contribution is 5.82. The number of hydrogen-bond acceptors (Lipinski definition) is 3. The molecule has 2 aromatic carbocycles. The molecular formula is C17H16N4. The molecule has 0 saturated carbocycles. The van der Waals surface area contributed by atoms with Crippen LogP contribution in [0.25, 0.3) is 22.4 Å². The Hall–Kier alpha value is -2.80. The third kappa shape index (κ3) is 2.23. The van der Waals surface area contributed by atoms with Crippen LogP contribution in [-0.2, 0) is 7.05 Å². The summed E-state index contributed by atoms with van der Waals surface area (Å²) in [4.78, 5) is 6.75. The van der Waals surface area contributed by atoms with Gasteiger partial charge in [0.1, 0.15) is 5.82 Å². The Labute approximate surface area is 123 Å². The number of nitriles is 1. The molecule has 3 aromatic rings. The number of aromatic nitrogens is 2. The van der Waals surface area contributed by atoms with Gasteiger partial charge in [-0.25, -0.2) is 4.98 Å². The van der Waals surface area contributed by atoms with Gasteiger partial charge in [-0.3, -0.25) is 0 Å². The summed E-state index contributed by atoms with van der Waals surface area (Å²) in [5.41, 5.74) is 4.71. The normalized spacial score (nSPS) is 10.6. The van der Waals surface area contributed by atoms with Gasteiger partial charge in [-0.15, -0.1) is 0 Å². The lowest BCUT2D eigenvalue weighted by Crippen LogP contribution is -2.08. The molecule has 1 heterocycles. The second-order valence-corrected chi connectivity index (χ2v) is 5.25. The molecule has 0 aliphatic rings. The first-order valence-corrected chi connectivity index (χ1v) is 6.74. The SMILES string of the molecule is CN(C)c1cccc(-c2nc3cc(C#N)ccc3n2C)c1. The van der Waals surface area contributed by atoms with E-state index < -0.39 is 0 Å². The van der Waals surface area contributed by atoms with E-state index in [0.717, 1.165) is 28.1 Å². The Kier molecular flexibility index (Phi) is 3.11. The monoisotopic (exact) mass is 276 g/mol. The molecule has 104 valence electrons. The van der Waals surface area contributed by atoms with Crippen LogP contribution in [-0.4, -0.2) is 23.6 Å². The van der Waals surface area contributed by atoms with E-state index in [1.165, 1.54) is 0 Å². The summed E-state index contributed by atoms with van der Waals surface area (Å²) >= 11 is 0. The van der Waals surface area contributed by atoms with Crippen LogP contribution in [0, 0.1) is 11.3 Å². The number of anilines is 1. The van der Waals surface area contributed by atoms with Crippen molar-refractivity contribution in [3.05, 3.63) is 48.0 Å². The molecule has 0 fully saturated rings. The van der Waals surface area contributed by atoms with Crippen molar-refractivity contribution < 1.29 is 0 Å². The number of nitrogens with zero attached hydrogens (tertiary/aromatic N) is 4. The fourth-order valence-electron chi connectivity index (χ4n) is 2.45. The molecule has 0 bridgehead atoms. The van der Waals surface area contributed by atoms with Gasteiger partial charge in [0, 0.05) is 32.4 Å². The molecule has 3 rings (SSSR count). The number of aryl methyl sites for hydroxylation is 1. The second-order valence-electron chi connectivity index (χ2n) is 5.25. The van der Waals surface area contributed by atoms with Gasteiger partial charge in [0.25, 0.3) is 0 Å². The maximum atomic E-state index is 9.00. The maximum Gasteiger partial charge on any atom is 0.140 e. The van der Waals surface area contributed by atoms with Crippen molar-refractivity contribution in [1.82, 2.24) is 9.55 Å². The van der Waals surface area contributed by atoms with Gasteiger partial charge in [0.05, 0.1) is 22.7 Å². The summed E-state index contributed by atoms with van der Waals surface area (Å²) in [7, 11) is 6.04. The number of hydrogen-bond donors (Lipinski definition) is 0. The molecule has 21 heavy (non-hydrogen) atoms. The van der Waals surface area contributed by atoms with Crippen molar-refractivity contribution >= 4 is 16.7 Å². The summed E-state index contributed by atoms with van der Waals surface area (Å²) in [6.45, 7) is 0. The molecule has 0 unspecified atom stereocenters. The van der Waals surface area contributed by atoms with Crippen LogP contribution in [0.2, 0.25) is 0 Å². The quantitative estimate of drug-likeness (QED) is 0.722. The van der Waals surface area contributed by atoms with Gasteiger partial charge in [0.15, 0.2) is 0 Å². The van der Waals surface area contributed by atoms with Crippen molar-refractivity contribution in [3.63, 3.8) is 0 Å². The maximum absolute atomic E-state index is 9.00. The van der Waals surface area contributed by atoms with E-state index >= 15 is 0 Å². The minimum atomic E-state index is 0.634. The van der Waals surface area contributed by atoms with Gasteiger partial charge in [-0.2, -0.15) is 5.26 Å². The van der Waals surface area contributed by atoms with Gasteiger partial charge in [0.2, 0.25) is 0 Å². The summed E-state index contributed by atoms with van der Waals surface area (Å²) in [5, 5.41) is 9.00. The predicted octanol–water partition coefficient (Wildman–Crippen LogP) is 3.18. The van der Waals surface area contributed by atoms with Gasteiger partial charge in [-0.05, 0) is 30.3 Å². The standard InChI is InChI=1S/C17H16N4/c1-20(2)14-6-4-5-13(10-14)17-19-15-9-12(11-18)7-8-16(15)21(17)3/h4-10H,1-3H3. The van der Waals surface area contributed by atoms with Crippen LogP contribution in [0.3, 0.4) is 0 Å². The van der Waals surface area contributed by atoms with E-state index in [0.29, 0.717) is 5.56 Å². The molecule has 0 aliphatic carbocycles. The van der Waals surface area contributed by atoms with E-state index in [2.05, 4.69) is 38.7 Å². The highest BCUT2D eigenvalue weighted by atomic mass is 15.1. The van der Waals surface area contributed by atoms with Crippen molar-refractivity contribution in [3.8, 4) is 17.5 Å². The summed E-state index contributed by atoms with van der Waals surface area (Å²) in [5.74, 6) is 0.906. The van der Waals surface area contributed by atoms with Crippen LogP contribution in [0.5, 0.6) is 0 Å². The van der Waals surface area contributed by atoms with Crippen LogP contribution in [0.4, 0.5) is 5.69 Å². The smallest absolute Gasteiger partial charge is 0.140 e. The first kappa shape index (κ1) is 13.2. The number of benzene rings is 2. The average Bonchev–Trinajstić information content (AvgIpc) is 2.84. The minimum absolute atomic E-state index is 0.634. The van der Waals surface area contributed by atoms with Crippen LogP contribution in [0.15, 0.2) is 42.5 Å². The first-order valence-electron chi connectivity index (χ1n) is 6.74. The van der Waals surface area contributed by atoms with Crippen LogP contribution < -0.4 is 4.90 Å². The summed E-state index contributed by atoms with van der Waals surface area (Å²) in [6.07, 6.45) is 0. The summed E-state index contributed by atoms with van der Waals surface area (Å²) < 4.78 is 2.06. The molecule has 0 N–H and O–H groups in total. The number of imidazole rings is 1. The van der Waals surface area contributed by atoms with E-state index in [-0.39, 0.29) is 0 Å². The number of rotatable bonds is 2. The lowest BCUT2D eigenvalue weighted by atomic mass is 10.2. The number of fused-ring (bicyclic) bond motifs is 1. The molecule has 0 amide bonds. The molecule has 0 aliphatic heterocycles. The zero-order valence-corrected chi connectivity index (χ0v) is 12.3. The zero-order chi connectivity index (χ0) is 15.0. The Bertz CT molecular complexity index is 853. The predicted molar refractivity (Wildman–Crippen MR) is 85.2 cm³/mol. The molecule has 0 atom stereocenters. The van der Waals surface area contributed by atoms with Gasteiger partial charge >= 0.3 is 0 Å². The fraction of sp³-hybridized carbons (Fsp3) is 0.176. The molecule has 4 nitrogen and oxygen atoms in total. The van der Waals surface area contributed by atoms with Crippen LogP contribution in [0.1, 0.15) is 5.56 Å². The largest absolute Gasteiger partial charge is 0.378 e. The minimum Gasteiger partial charge on any atom is -0.378 e. The fourth-order valence-corrected chi connectivity index (χ4v) is 2.45. The molecular weight excluding hydrogens is 260 g/mol. The zero-order valence-electron chi connectivity index (χ0n) is 12.3. The lowest BCUT2D eigenvalue weighted by Gasteiger charge is -2.13. The molecule has 4 heteroatoms. The Morgan fingerprint density at radius 1 is 1.14 bits per heavy atom. The average molecular weight is 276 g/mol. The Morgan fingerprint density at radius 2 is 1.95 bits per heavy atom. The Balaban J connectivity index is 2.19. The van der Waals surface area contributed by atoms with Crippen molar-refractivity contribution in [2.75, 3.05) is 19.0 Å². The lowest BCUT2D eigenvalue weighted by molar-refractivity contribution is 0.959. The summed E-state index contributed by atoms with van der Waals surface area (Å²) in [6, 6.07) is 16.0. The molecule has 1 aromatic heterocycles. The van der Waals surface area contributed by atoms with E-state index in [1.54, 1.807) is 0 Å². The van der Waals surface area contributed by atoms with E-state index in [4.69, 9.17) is 5.26 Å². The van der Waals surface area contributed by atoms with Crippen molar-refractivity contribution in [2.45, 2.75) is 0 Å². The molecule has 0 saturated heterocycles. The third-order valence-electron chi connectivity index (χ3n) is 3.63. The topological polar surface area (TPSA) is 44.9 Å². The van der Waals surface area contributed by atoms with Crippen LogP contribution >= 0.6 is 0 Å². The van der Waals surface area contributed by atoms with E-state index in [1.807, 2.05) is 45.4 Å². The third-order valence-corrected chi connectivity index (χ3v) is 3.63. The first-order chi connectivity index (χ1) is 10.1. The van der Waals surface area contributed by atoms with Gasteiger partial charge < -0.3 is 9.47 Å². The molecule has 0 radical (unpaired) electrons. The molecule has 0 spiro atoms. The Morgan fingerprint density at radius 3 is 2.67 bits per heavy atom. The highest BCUT2D eigenvalue weighted by Gasteiger charge is 2.11. The van der Waals surface area contributed by atoms with Crippen molar-refractivity contribution in [1.29, 1.82) is 5.26 Å². The van der Waals surface area contributed by atoms with Crippen molar-refractivity contribution in [2.24, 2.45) is 7.05 Å². The second kappa shape index (κ2) is 4.95. The highest BCUT2D eigenvalue weighted by Crippen LogP contribution is 2.26. The van der Waals surface area contributed by atoms with E-state index in [9.17, 15) is 0 Å².